The van der Waals surface area contributed by atoms with Crippen molar-refractivity contribution in [2.75, 3.05) is 0 Å². The smallest absolute Gasteiger partial charge is 0.363 e. The zero-order valence-corrected chi connectivity index (χ0v) is 9.42. The van der Waals surface area contributed by atoms with Crippen LogP contribution in [0.15, 0.2) is 52.4 Å². The monoisotopic (exact) mass is 248 g/mol. The fraction of sp³-hybridized carbons (Fsp3) is 0. The van der Waals surface area contributed by atoms with Gasteiger partial charge in [-0.3, -0.25) is 0 Å². The van der Waals surface area contributed by atoms with Crippen LogP contribution in [0.1, 0.15) is 0 Å². The van der Waals surface area contributed by atoms with E-state index in [0.717, 1.165) is 4.90 Å². The number of para-hydroxylation sites is 1. The number of phenols is 1. The maximum Gasteiger partial charge on any atom is 0.363 e. The van der Waals surface area contributed by atoms with E-state index in [4.69, 9.17) is 0 Å². The Morgan fingerprint density at radius 1 is 1.24 bits per heavy atom. The van der Waals surface area contributed by atoms with Gasteiger partial charge in [-0.2, -0.15) is 0 Å². The maximum absolute atomic E-state index is 10.4. The van der Waals surface area contributed by atoms with Crippen LogP contribution >= 0.6 is 11.8 Å². The first-order valence-corrected chi connectivity index (χ1v) is 5.55. The molecule has 5 nitrogen and oxygen atoms in total. The molecule has 0 saturated heterocycles. The van der Waals surface area contributed by atoms with Crippen molar-refractivity contribution in [3.63, 3.8) is 0 Å². The topological polar surface area (TPSA) is 76.3 Å². The van der Waals surface area contributed by atoms with Crippen molar-refractivity contribution in [2.24, 2.45) is 0 Å². The molecule has 1 heterocycles. The fourth-order valence-corrected chi connectivity index (χ4v) is 2.03. The van der Waals surface area contributed by atoms with Gasteiger partial charge in [0.2, 0.25) is 0 Å². The summed E-state index contributed by atoms with van der Waals surface area (Å²) in [5.41, 5.74) is 0. The highest BCUT2D eigenvalue weighted by molar-refractivity contribution is 7.99. The van der Waals surface area contributed by atoms with E-state index in [9.17, 15) is 15.2 Å². The Hall–Kier alpha value is -2.08. The molecule has 17 heavy (non-hydrogen) atoms. The second-order valence-corrected chi connectivity index (χ2v) is 4.29. The van der Waals surface area contributed by atoms with Crippen LogP contribution < -0.4 is 0 Å². The Bertz CT molecular complexity index is 543. The number of hydrogen-bond donors (Lipinski definition) is 1. The number of nitrogens with zero attached hydrogens (tertiary/aromatic N) is 2. The molecule has 0 bridgehead atoms. The molecule has 0 aliphatic carbocycles. The summed E-state index contributed by atoms with van der Waals surface area (Å²) in [4.78, 5) is 15.0. The van der Waals surface area contributed by atoms with Crippen LogP contribution in [-0.4, -0.2) is 15.0 Å². The first kappa shape index (κ1) is 11.4. The van der Waals surface area contributed by atoms with Crippen LogP contribution in [0.25, 0.3) is 0 Å². The van der Waals surface area contributed by atoms with Gasteiger partial charge in [0.25, 0.3) is 0 Å². The second kappa shape index (κ2) is 4.84. The number of nitro groups is 1. The summed E-state index contributed by atoms with van der Waals surface area (Å²) < 4.78 is 0. The van der Waals surface area contributed by atoms with E-state index in [1.54, 1.807) is 30.3 Å². The van der Waals surface area contributed by atoms with Crippen LogP contribution in [0.2, 0.25) is 0 Å². The molecule has 0 spiro atoms. The van der Waals surface area contributed by atoms with Crippen molar-refractivity contribution in [2.45, 2.75) is 9.79 Å². The minimum absolute atomic E-state index is 0.177. The van der Waals surface area contributed by atoms with Crippen LogP contribution in [0.5, 0.6) is 5.75 Å². The van der Waals surface area contributed by atoms with Crippen molar-refractivity contribution in [1.29, 1.82) is 0 Å². The average Bonchev–Trinajstić information content (AvgIpc) is 2.33. The highest BCUT2D eigenvalue weighted by atomic mass is 32.2. The molecule has 1 N–H and O–H groups in total. The lowest BCUT2D eigenvalue weighted by Gasteiger charge is -2.01. The van der Waals surface area contributed by atoms with Crippen molar-refractivity contribution in [3.05, 3.63) is 52.7 Å². The number of pyridine rings is 1. The maximum atomic E-state index is 10.4. The second-order valence-electron chi connectivity index (χ2n) is 3.18. The molecule has 0 atom stereocenters. The van der Waals surface area contributed by atoms with Crippen molar-refractivity contribution in [3.8, 4) is 5.75 Å². The van der Waals surface area contributed by atoms with Gasteiger partial charge in [-0.15, -0.1) is 0 Å². The van der Waals surface area contributed by atoms with Gasteiger partial charge in [0, 0.05) is 6.07 Å². The largest absolute Gasteiger partial charge is 0.507 e. The molecule has 0 amide bonds. The van der Waals surface area contributed by atoms with Gasteiger partial charge >= 0.3 is 5.82 Å². The third-order valence-electron chi connectivity index (χ3n) is 2.00. The Morgan fingerprint density at radius 2 is 2.00 bits per heavy atom. The normalized spacial score (nSPS) is 10.1. The number of phenolic OH excluding ortho intramolecular Hbond substituents is 1. The Kier molecular flexibility index (Phi) is 3.24. The highest BCUT2D eigenvalue weighted by Gasteiger charge is 2.08. The molecule has 1 aromatic carbocycles. The number of aromatic nitrogens is 1. The quantitative estimate of drug-likeness (QED) is 0.667. The highest BCUT2D eigenvalue weighted by Crippen LogP contribution is 2.33. The van der Waals surface area contributed by atoms with Crippen molar-refractivity contribution in [1.82, 2.24) is 4.98 Å². The molecular formula is C11H8N2O3S. The van der Waals surface area contributed by atoms with Gasteiger partial charge in [-0.05, 0) is 28.1 Å². The van der Waals surface area contributed by atoms with E-state index in [2.05, 4.69) is 4.98 Å². The van der Waals surface area contributed by atoms with E-state index in [0.29, 0.717) is 4.90 Å². The number of benzene rings is 1. The van der Waals surface area contributed by atoms with E-state index < -0.39 is 4.92 Å². The molecule has 86 valence electrons. The fourth-order valence-electron chi connectivity index (χ4n) is 1.21. The standard InChI is InChI=1S/C11H8N2O3S/c14-9-3-1-2-4-10(9)17-8-5-6-11(12-7-8)13(15)16/h1-7,14H. The summed E-state index contributed by atoms with van der Waals surface area (Å²) >= 11 is 1.30. The van der Waals surface area contributed by atoms with Crippen molar-refractivity contribution < 1.29 is 10.0 Å². The molecule has 0 radical (unpaired) electrons. The third kappa shape index (κ3) is 2.73. The third-order valence-corrected chi connectivity index (χ3v) is 3.04. The Labute approximate surface area is 101 Å². The zero-order chi connectivity index (χ0) is 12.3. The summed E-state index contributed by atoms with van der Waals surface area (Å²) in [6, 6.07) is 9.82. The summed E-state index contributed by atoms with van der Waals surface area (Å²) in [7, 11) is 0. The predicted molar refractivity (Wildman–Crippen MR) is 63.1 cm³/mol. The zero-order valence-electron chi connectivity index (χ0n) is 8.61. The molecular weight excluding hydrogens is 240 g/mol. The van der Waals surface area contributed by atoms with Gasteiger partial charge in [-0.25, -0.2) is 0 Å². The SMILES string of the molecule is O=[N+]([O-])c1ccc(Sc2ccccc2O)cn1. The van der Waals surface area contributed by atoms with Crippen LogP contribution in [-0.2, 0) is 0 Å². The van der Waals surface area contributed by atoms with Gasteiger partial charge in [0.05, 0.1) is 9.79 Å². The molecule has 1 aromatic heterocycles. The molecule has 0 saturated carbocycles. The summed E-state index contributed by atoms with van der Waals surface area (Å²) in [6.07, 6.45) is 1.41. The van der Waals surface area contributed by atoms with E-state index >= 15 is 0 Å². The summed E-state index contributed by atoms with van der Waals surface area (Å²) in [5.74, 6) is -0.0116. The molecule has 0 unspecified atom stereocenters. The average molecular weight is 248 g/mol. The van der Waals surface area contributed by atoms with Gasteiger partial charge in [0.1, 0.15) is 5.75 Å². The number of aromatic hydroxyl groups is 1. The lowest BCUT2D eigenvalue weighted by Crippen LogP contribution is -1.90. The van der Waals surface area contributed by atoms with E-state index in [-0.39, 0.29) is 11.6 Å². The van der Waals surface area contributed by atoms with Gasteiger partial charge in [-0.1, -0.05) is 23.9 Å². The van der Waals surface area contributed by atoms with Gasteiger partial charge < -0.3 is 15.2 Å². The number of hydrogen-bond acceptors (Lipinski definition) is 5. The predicted octanol–water partition coefficient (Wildman–Crippen LogP) is 2.85. The van der Waals surface area contributed by atoms with Crippen LogP contribution in [0, 0.1) is 10.1 Å². The Morgan fingerprint density at radius 3 is 2.59 bits per heavy atom. The number of rotatable bonds is 3. The molecule has 0 aliphatic rings. The van der Waals surface area contributed by atoms with E-state index in [1.807, 2.05) is 0 Å². The molecule has 0 aliphatic heterocycles. The molecule has 6 heteroatoms. The first-order valence-electron chi connectivity index (χ1n) is 4.73. The van der Waals surface area contributed by atoms with Gasteiger partial charge in [0.15, 0.2) is 6.20 Å². The Balaban J connectivity index is 2.20. The molecule has 2 aromatic rings. The van der Waals surface area contributed by atoms with Crippen LogP contribution in [0.4, 0.5) is 5.82 Å². The lowest BCUT2D eigenvalue weighted by atomic mass is 10.3. The first-order chi connectivity index (χ1) is 8.16. The van der Waals surface area contributed by atoms with Crippen molar-refractivity contribution >= 4 is 17.6 Å². The summed E-state index contributed by atoms with van der Waals surface area (Å²) in [5, 5.41) is 20.0. The van der Waals surface area contributed by atoms with Crippen LogP contribution in [0.3, 0.4) is 0 Å². The minimum atomic E-state index is -0.547. The van der Waals surface area contributed by atoms with E-state index in [1.165, 1.54) is 24.0 Å². The molecule has 0 fully saturated rings. The molecule has 2 rings (SSSR count). The minimum Gasteiger partial charge on any atom is -0.507 e. The summed E-state index contributed by atoms with van der Waals surface area (Å²) in [6.45, 7) is 0. The lowest BCUT2D eigenvalue weighted by molar-refractivity contribution is -0.389.